The van der Waals surface area contributed by atoms with Crippen molar-refractivity contribution in [2.45, 2.75) is 39.5 Å². The molecular formula is C50H42N2. The number of para-hydroxylation sites is 2. The number of anilines is 6. The van der Waals surface area contributed by atoms with Crippen LogP contribution in [0.15, 0.2) is 170 Å². The Morgan fingerprint density at radius 1 is 0.288 bits per heavy atom. The quantitative estimate of drug-likeness (QED) is 0.159. The zero-order chi connectivity index (χ0) is 35.3. The van der Waals surface area contributed by atoms with Gasteiger partial charge in [0, 0.05) is 34.1 Å². The molecule has 8 aromatic rings. The minimum absolute atomic E-state index is 0.497. The van der Waals surface area contributed by atoms with Crippen LogP contribution >= 0.6 is 0 Å². The van der Waals surface area contributed by atoms with Gasteiger partial charge in [-0.2, -0.15) is 0 Å². The molecule has 0 saturated heterocycles. The van der Waals surface area contributed by atoms with E-state index in [1.807, 2.05) is 0 Å². The van der Waals surface area contributed by atoms with Crippen molar-refractivity contribution in [2.75, 3.05) is 9.80 Å². The van der Waals surface area contributed by atoms with Crippen LogP contribution in [0.5, 0.6) is 0 Å². The van der Waals surface area contributed by atoms with E-state index >= 15 is 0 Å². The average molecular weight is 671 g/mol. The third-order valence-electron chi connectivity index (χ3n) is 10.7. The highest BCUT2D eigenvalue weighted by atomic mass is 15.1. The Morgan fingerprint density at radius 2 is 0.596 bits per heavy atom. The third-order valence-corrected chi connectivity index (χ3v) is 10.7. The van der Waals surface area contributed by atoms with Crippen LogP contribution in [0.3, 0.4) is 0 Å². The van der Waals surface area contributed by atoms with Gasteiger partial charge >= 0.3 is 0 Å². The van der Waals surface area contributed by atoms with Gasteiger partial charge in [-0.1, -0.05) is 100 Å². The van der Waals surface area contributed by atoms with Crippen molar-refractivity contribution in [3.05, 3.63) is 181 Å². The van der Waals surface area contributed by atoms with Gasteiger partial charge in [-0.15, -0.1) is 0 Å². The van der Waals surface area contributed by atoms with Gasteiger partial charge in [0.15, 0.2) is 0 Å². The van der Waals surface area contributed by atoms with Crippen molar-refractivity contribution >= 4 is 55.7 Å². The van der Waals surface area contributed by atoms with E-state index < -0.39 is 0 Å². The minimum atomic E-state index is 0.497. The normalized spacial score (nSPS) is 11.8. The van der Waals surface area contributed by atoms with Crippen molar-refractivity contribution in [2.24, 2.45) is 0 Å². The van der Waals surface area contributed by atoms with Crippen LogP contribution in [-0.2, 0) is 0 Å². The molecule has 1 aliphatic rings. The highest BCUT2D eigenvalue weighted by molar-refractivity contribution is 6.12. The van der Waals surface area contributed by atoms with Crippen molar-refractivity contribution < 1.29 is 0 Å². The maximum Gasteiger partial charge on any atom is 0.0468 e. The van der Waals surface area contributed by atoms with E-state index in [-0.39, 0.29) is 0 Å². The van der Waals surface area contributed by atoms with Crippen LogP contribution in [0.1, 0.15) is 50.7 Å². The van der Waals surface area contributed by atoms with Crippen LogP contribution in [-0.4, -0.2) is 0 Å². The SMILES string of the molecule is CC(C)c1ccc(N(c2ccccc2)c2ccc3cc4c(cc3c2)-c2cc3ccc(N(c5ccccc5)c5ccc(C(C)C)cc5)cc3cc2-4)cc1. The predicted octanol–water partition coefficient (Wildman–Crippen LogP) is 14.8. The number of benzene rings is 8. The van der Waals surface area contributed by atoms with Gasteiger partial charge < -0.3 is 9.80 Å². The lowest BCUT2D eigenvalue weighted by Gasteiger charge is -2.29. The Bertz CT molecular complexity index is 2350. The summed E-state index contributed by atoms with van der Waals surface area (Å²) in [6.07, 6.45) is 0. The topological polar surface area (TPSA) is 6.48 Å². The summed E-state index contributed by atoms with van der Waals surface area (Å²) in [5.41, 5.74) is 14.9. The van der Waals surface area contributed by atoms with Gasteiger partial charge in [0.1, 0.15) is 0 Å². The van der Waals surface area contributed by atoms with Crippen molar-refractivity contribution in [1.82, 2.24) is 0 Å². The summed E-state index contributed by atoms with van der Waals surface area (Å²) in [5, 5.41) is 5.01. The van der Waals surface area contributed by atoms with E-state index in [1.54, 1.807) is 0 Å². The molecule has 0 spiro atoms. The molecule has 52 heavy (non-hydrogen) atoms. The summed E-state index contributed by atoms with van der Waals surface area (Å²) >= 11 is 0. The molecule has 2 nitrogen and oxygen atoms in total. The molecule has 0 bridgehead atoms. The van der Waals surface area contributed by atoms with Crippen molar-refractivity contribution in [3.8, 4) is 22.3 Å². The van der Waals surface area contributed by atoms with E-state index in [9.17, 15) is 0 Å². The Morgan fingerprint density at radius 3 is 0.942 bits per heavy atom. The molecule has 8 aromatic carbocycles. The first-order chi connectivity index (χ1) is 25.4. The summed E-state index contributed by atoms with van der Waals surface area (Å²) in [7, 11) is 0. The van der Waals surface area contributed by atoms with Gasteiger partial charge in [0.2, 0.25) is 0 Å². The number of fused-ring (bicyclic) bond motifs is 6. The van der Waals surface area contributed by atoms with Gasteiger partial charge in [0.05, 0.1) is 0 Å². The number of hydrogen-bond donors (Lipinski definition) is 0. The Labute approximate surface area is 307 Å². The van der Waals surface area contributed by atoms with Crippen LogP contribution in [0.2, 0.25) is 0 Å². The van der Waals surface area contributed by atoms with Gasteiger partial charge in [-0.3, -0.25) is 0 Å². The number of nitrogens with zero attached hydrogens (tertiary/aromatic N) is 2. The summed E-state index contributed by atoms with van der Waals surface area (Å²) in [4.78, 5) is 4.72. The van der Waals surface area contributed by atoms with Gasteiger partial charge in [-0.25, -0.2) is 0 Å². The molecule has 0 N–H and O–H groups in total. The summed E-state index contributed by atoms with van der Waals surface area (Å²) < 4.78 is 0. The molecule has 0 aliphatic heterocycles. The van der Waals surface area contributed by atoms with E-state index in [1.165, 1.54) is 54.9 Å². The lowest BCUT2D eigenvalue weighted by Crippen LogP contribution is -2.10. The average Bonchev–Trinajstić information content (AvgIpc) is 3.18. The van der Waals surface area contributed by atoms with E-state index in [4.69, 9.17) is 0 Å². The lowest BCUT2D eigenvalue weighted by molar-refractivity contribution is 0.866. The smallest absolute Gasteiger partial charge is 0.0468 e. The van der Waals surface area contributed by atoms with E-state index in [0.717, 1.165) is 34.1 Å². The molecule has 0 radical (unpaired) electrons. The van der Waals surface area contributed by atoms with Gasteiger partial charge in [0.25, 0.3) is 0 Å². The number of hydrogen-bond acceptors (Lipinski definition) is 2. The van der Waals surface area contributed by atoms with Crippen LogP contribution in [0, 0.1) is 0 Å². The molecule has 0 fully saturated rings. The first kappa shape index (κ1) is 31.8. The lowest BCUT2D eigenvalue weighted by atomic mass is 9.78. The first-order valence-corrected chi connectivity index (χ1v) is 18.5. The maximum atomic E-state index is 2.39. The fourth-order valence-corrected chi connectivity index (χ4v) is 7.74. The van der Waals surface area contributed by atoms with Crippen molar-refractivity contribution in [1.29, 1.82) is 0 Å². The molecule has 2 heteroatoms. The largest absolute Gasteiger partial charge is 0.310 e. The molecular weight excluding hydrogens is 629 g/mol. The first-order valence-electron chi connectivity index (χ1n) is 18.5. The van der Waals surface area contributed by atoms with Crippen LogP contribution < -0.4 is 9.80 Å². The standard InChI is InChI=1S/C50H42N2/c1-33(2)35-15-21-43(22-16-35)51(41-11-7-5-8-12-41)45-25-19-37-29-47-49(31-39(37)27-45)48-30-38-20-26-46(28-40(38)32-50(47)48)52(42-13-9-6-10-14-42)44-23-17-36(18-24-44)34(3)4/h5-34H,1-4H3. The number of rotatable bonds is 8. The zero-order valence-electron chi connectivity index (χ0n) is 30.2. The molecule has 0 unspecified atom stereocenters. The van der Waals surface area contributed by atoms with Crippen LogP contribution in [0.4, 0.5) is 34.1 Å². The highest BCUT2D eigenvalue weighted by Gasteiger charge is 2.25. The maximum absolute atomic E-state index is 2.39. The highest BCUT2D eigenvalue weighted by Crippen LogP contribution is 2.51. The van der Waals surface area contributed by atoms with Crippen molar-refractivity contribution in [3.63, 3.8) is 0 Å². The predicted molar refractivity (Wildman–Crippen MR) is 223 cm³/mol. The molecule has 0 atom stereocenters. The molecule has 0 aromatic heterocycles. The zero-order valence-corrected chi connectivity index (χ0v) is 30.2. The fraction of sp³-hybridized carbons (Fsp3) is 0.120. The summed E-state index contributed by atoms with van der Waals surface area (Å²) in [6, 6.07) is 62.7. The van der Waals surface area contributed by atoms with E-state index in [0.29, 0.717) is 11.8 Å². The molecule has 0 heterocycles. The monoisotopic (exact) mass is 670 g/mol. The Balaban J connectivity index is 1.09. The Kier molecular flexibility index (Phi) is 7.89. The third kappa shape index (κ3) is 5.61. The van der Waals surface area contributed by atoms with Gasteiger partial charge in [-0.05, 0) is 164 Å². The minimum Gasteiger partial charge on any atom is -0.310 e. The molecule has 9 rings (SSSR count). The molecule has 0 amide bonds. The molecule has 1 aliphatic carbocycles. The second kappa shape index (κ2) is 12.9. The summed E-state index contributed by atoms with van der Waals surface area (Å²) in [6.45, 7) is 8.98. The van der Waals surface area contributed by atoms with E-state index in [2.05, 4.69) is 207 Å². The molecule has 0 saturated carbocycles. The summed E-state index contributed by atoms with van der Waals surface area (Å²) in [5.74, 6) is 0.994. The van der Waals surface area contributed by atoms with Crippen LogP contribution in [0.25, 0.3) is 43.8 Å². The Hall–Kier alpha value is -6.12. The second-order valence-corrected chi connectivity index (χ2v) is 14.7. The fourth-order valence-electron chi connectivity index (χ4n) is 7.74. The molecule has 252 valence electrons. The second-order valence-electron chi connectivity index (χ2n) is 14.7.